The number of hydrogen-bond acceptors (Lipinski definition) is 8. The summed E-state index contributed by atoms with van der Waals surface area (Å²) in [5.41, 5.74) is 5.66. The molecule has 3 N–H and O–H groups in total. The Balaban J connectivity index is 3.32. The number of carbonyl (C=O) groups excluding carboxylic acids is 3. The van der Waals surface area contributed by atoms with E-state index in [1.807, 2.05) is 0 Å². The fourth-order valence-corrected chi connectivity index (χ4v) is 2.74. The molecule has 1 rings (SSSR count). The monoisotopic (exact) mass is 451 g/mol. The quantitative estimate of drug-likeness (QED) is 0.405. The van der Waals surface area contributed by atoms with Gasteiger partial charge in [0, 0.05) is 18.8 Å². The van der Waals surface area contributed by atoms with Crippen LogP contribution < -0.4 is 15.2 Å². The average Bonchev–Trinajstić information content (AvgIpc) is 2.71. The Kier molecular flexibility index (Phi) is 9.83. The summed E-state index contributed by atoms with van der Waals surface area (Å²) in [5, 5.41) is 9.51. The van der Waals surface area contributed by atoms with E-state index in [2.05, 4.69) is 0 Å². The fourth-order valence-electron chi connectivity index (χ4n) is 2.74. The third-order valence-electron chi connectivity index (χ3n) is 4.65. The predicted octanol–water partition coefficient (Wildman–Crippen LogP) is 3.18. The van der Waals surface area contributed by atoms with Crippen molar-refractivity contribution in [3.63, 3.8) is 0 Å². The molecule has 2 unspecified atom stereocenters. The second-order valence-corrected chi connectivity index (χ2v) is 8.53. The summed E-state index contributed by atoms with van der Waals surface area (Å²) in [4.78, 5) is 47.4. The first kappa shape index (κ1) is 27.1. The van der Waals surface area contributed by atoms with Crippen LogP contribution in [0.15, 0.2) is 18.2 Å². The van der Waals surface area contributed by atoms with Gasteiger partial charge in [0.2, 0.25) is 0 Å². The molecule has 32 heavy (non-hydrogen) atoms. The van der Waals surface area contributed by atoms with Crippen molar-refractivity contribution in [2.45, 2.75) is 78.9 Å². The molecule has 0 amide bonds. The van der Waals surface area contributed by atoms with Crippen molar-refractivity contribution in [3.05, 3.63) is 23.8 Å². The van der Waals surface area contributed by atoms with Crippen molar-refractivity contribution in [2.75, 3.05) is 0 Å². The molecule has 0 aliphatic carbocycles. The number of esters is 3. The van der Waals surface area contributed by atoms with Crippen LogP contribution >= 0.6 is 0 Å². The molecule has 0 fully saturated rings. The molecule has 0 radical (unpaired) electrons. The fraction of sp³-hybridized carbons (Fsp3) is 0.565. The maximum absolute atomic E-state index is 12.2. The third-order valence-corrected chi connectivity index (χ3v) is 4.65. The zero-order valence-corrected chi connectivity index (χ0v) is 19.5. The minimum Gasteiger partial charge on any atom is -0.480 e. The van der Waals surface area contributed by atoms with E-state index < -0.39 is 47.4 Å². The predicted molar refractivity (Wildman–Crippen MR) is 116 cm³/mol. The van der Waals surface area contributed by atoms with Crippen LogP contribution in [0.1, 0.15) is 72.3 Å². The molecule has 0 bridgehead atoms. The Hall–Kier alpha value is -2.94. The molecule has 0 heterocycles. The largest absolute Gasteiger partial charge is 0.480 e. The Bertz CT molecular complexity index is 843. The lowest BCUT2D eigenvalue weighted by Gasteiger charge is -2.27. The van der Waals surface area contributed by atoms with E-state index >= 15 is 0 Å². The number of carboxylic acid groups (broad SMARTS) is 1. The normalized spacial score (nSPS) is 14.1. The smallest absolute Gasteiger partial charge is 0.321 e. The zero-order chi connectivity index (χ0) is 24.6. The van der Waals surface area contributed by atoms with Crippen LogP contribution in [0.4, 0.5) is 0 Å². The summed E-state index contributed by atoms with van der Waals surface area (Å²) in [7, 11) is 0. The Morgan fingerprint density at radius 3 is 2.00 bits per heavy atom. The molecule has 3 atom stereocenters. The van der Waals surface area contributed by atoms with Gasteiger partial charge in [0.05, 0.1) is 11.5 Å². The number of nitrogens with two attached hydrogens (primary N) is 1. The van der Waals surface area contributed by atoms with Gasteiger partial charge in [0.1, 0.15) is 6.04 Å². The summed E-state index contributed by atoms with van der Waals surface area (Å²) in [6.07, 6.45) is -0.309. The Morgan fingerprint density at radius 1 is 1.00 bits per heavy atom. The van der Waals surface area contributed by atoms with Gasteiger partial charge in [0.25, 0.3) is 0 Å². The van der Waals surface area contributed by atoms with Gasteiger partial charge in [0.15, 0.2) is 11.5 Å². The molecule has 0 spiro atoms. The van der Waals surface area contributed by atoms with Gasteiger partial charge in [-0.15, -0.1) is 0 Å². The summed E-state index contributed by atoms with van der Waals surface area (Å²) >= 11 is 0. The molecule has 9 nitrogen and oxygen atoms in total. The Morgan fingerprint density at radius 2 is 1.53 bits per heavy atom. The second-order valence-electron chi connectivity index (χ2n) is 8.53. The molecular weight excluding hydrogens is 418 g/mol. The summed E-state index contributed by atoms with van der Waals surface area (Å²) in [5.74, 6) is -3.49. The second kappa shape index (κ2) is 11.6. The highest BCUT2D eigenvalue weighted by molar-refractivity contribution is 5.77. The number of aliphatic carboxylic acids is 1. The van der Waals surface area contributed by atoms with Crippen LogP contribution in [-0.2, 0) is 23.9 Å². The topological polar surface area (TPSA) is 142 Å². The van der Waals surface area contributed by atoms with E-state index in [-0.39, 0.29) is 30.8 Å². The molecule has 9 heteroatoms. The Labute approximate surface area is 188 Å². The molecule has 0 saturated heterocycles. The highest BCUT2D eigenvalue weighted by Crippen LogP contribution is 2.35. The van der Waals surface area contributed by atoms with Gasteiger partial charge in [-0.2, -0.15) is 0 Å². The molecule has 0 aliphatic rings. The van der Waals surface area contributed by atoms with Crippen LogP contribution in [0, 0.1) is 5.41 Å². The van der Waals surface area contributed by atoms with Crippen molar-refractivity contribution in [1.29, 1.82) is 0 Å². The van der Waals surface area contributed by atoms with E-state index in [0.717, 1.165) is 0 Å². The number of hydrogen-bond donors (Lipinski definition) is 2. The van der Waals surface area contributed by atoms with Crippen molar-refractivity contribution in [3.8, 4) is 11.5 Å². The lowest BCUT2D eigenvalue weighted by atomic mass is 9.86. The molecular formula is C23H33NO8. The van der Waals surface area contributed by atoms with Crippen LogP contribution in [0.2, 0.25) is 0 Å². The number of carbonyl (C=O) groups is 4. The summed E-state index contributed by atoms with van der Waals surface area (Å²) < 4.78 is 16.0. The minimum absolute atomic E-state index is 0.0157. The highest BCUT2D eigenvalue weighted by atomic mass is 16.6. The van der Waals surface area contributed by atoms with Crippen LogP contribution in [-0.4, -0.2) is 41.1 Å². The molecule has 178 valence electrons. The van der Waals surface area contributed by atoms with Crippen molar-refractivity contribution in [2.24, 2.45) is 11.1 Å². The average molecular weight is 452 g/mol. The van der Waals surface area contributed by atoms with Gasteiger partial charge in [-0.05, 0) is 51.8 Å². The summed E-state index contributed by atoms with van der Waals surface area (Å²) in [6.45, 7) is 10.0. The van der Waals surface area contributed by atoms with Gasteiger partial charge in [-0.1, -0.05) is 19.9 Å². The van der Waals surface area contributed by atoms with E-state index in [9.17, 15) is 24.3 Å². The molecule has 0 aromatic heterocycles. The van der Waals surface area contributed by atoms with Gasteiger partial charge in [-0.3, -0.25) is 19.2 Å². The molecule has 0 aliphatic heterocycles. The molecule has 1 aromatic carbocycles. The van der Waals surface area contributed by atoms with Crippen molar-refractivity contribution >= 4 is 23.9 Å². The van der Waals surface area contributed by atoms with Crippen LogP contribution in [0.3, 0.4) is 0 Å². The lowest BCUT2D eigenvalue weighted by molar-refractivity contribution is -0.158. The molecule has 1 aromatic rings. The maximum atomic E-state index is 12.2. The first-order valence-corrected chi connectivity index (χ1v) is 10.5. The first-order chi connectivity index (χ1) is 14.8. The van der Waals surface area contributed by atoms with Crippen LogP contribution in [0.25, 0.3) is 0 Å². The van der Waals surface area contributed by atoms with E-state index in [1.165, 1.54) is 12.1 Å². The highest BCUT2D eigenvalue weighted by Gasteiger charge is 2.31. The standard InChI is InChI=1S/C23H33NO8/c1-7-18(25)31-16-10-9-14(12-17(16)32-19(26)8-2)15(20(24)21(27)28)11-13(3)30-22(29)23(4,5)6/h9-10,12-13,15,20H,7-8,11,24H2,1-6H3,(H,27,28)/t13?,15?,20-/m0/s1. The van der Waals surface area contributed by atoms with E-state index in [0.29, 0.717) is 5.56 Å². The first-order valence-electron chi connectivity index (χ1n) is 10.5. The number of benzene rings is 1. The third kappa shape index (κ3) is 7.96. The number of carboxylic acids is 1. The minimum atomic E-state index is -1.32. The van der Waals surface area contributed by atoms with E-state index in [4.69, 9.17) is 19.9 Å². The van der Waals surface area contributed by atoms with Gasteiger partial charge < -0.3 is 25.1 Å². The zero-order valence-electron chi connectivity index (χ0n) is 19.5. The van der Waals surface area contributed by atoms with Crippen LogP contribution in [0.5, 0.6) is 11.5 Å². The number of rotatable bonds is 10. The SMILES string of the molecule is CCC(=O)Oc1ccc(C(CC(C)OC(=O)C(C)(C)C)[C@H](N)C(=O)O)cc1OC(=O)CC. The summed E-state index contributed by atoms with van der Waals surface area (Å²) in [6, 6.07) is 3.09. The number of ether oxygens (including phenoxy) is 3. The maximum Gasteiger partial charge on any atom is 0.321 e. The lowest BCUT2D eigenvalue weighted by Crippen LogP contribution is -2.39. The molecule has 0 saturated carbocycles. The van der Waals surface area contributed by atoms with Crippen molar-refractivity contribution in [1.82, 2.24) is 0 Å². The van der Waals surface area contributed by atoms with E-state index in [1.54, 1.807) is 47.6 Å². The van der Waals surface area contributed by atoms with Gasteiger partial charge >= 0.3 is 23.9 Å². The van der Waals surface area contributed by atoms with Crippen molar-refractivity contribution < 1.29 is 38.5 Å². The van der Waals surface area contributed by atoms with Gasteiger partial charge in [-0.25, -0.2) is 0 Å².